The number of carbonyl (C=O) groups is 3. The molecule has 1 aliphatic heterocycles. The van der Waals surface area contributed by atoms with Crippen molar-refractivity contribution in [2.24, 2.45) is 11.8 Å². The third kappa shape index (κ3) is 3.45. The van der Waals surface area contributed by atoms with Crippen LogP contribution >= 0.6 is 0 Å². The first-order valence-electron chi connectivity index (χ1n) is 8.52. The average molecular weight is 346 g/mol. The molecule has 25 heavy (non-hydrogen) atoms. The number of hydrogen-bond acceptors (Lipinski definition) is 4. The van der Waals surface area contributed by atoms with Gasteiger partial charge < -0.3 is 20.1 Å². The van der Waals surface area contributed by atoms with Gasteiger partial charge in [-0.3, -0.25) is 14.4 Å². The summed E-state index contributed by atoms with van der Waals surface area (Å²) in [5.41, 5.74) is 0.884. The van der Waals surface area contributed by atoms with Crippen molar-refractivity contribution in [1.29, 1.82) is 0 Å². The number of nitrogens with zero attached hydrogens (tertiary/aromatic N) is 1. The molecule has 1 heterocycles. The van der Waals surface area contributed by atoms with E-state index in [1.807, 2.05) is 0 Å². The second-order valence-electron chi connectivity index (χ2n) is 6.53. The third-order valence-corrected chi connectivity index (χ3v) is 5.03. The first-order valence-corrected chi connectivity index (χ1v) is 8.52. The Labute approximate surface area is 146 Å². The van der Waals surface area contributed by atoms with E-state index >= 15 is 0 Å². The highest BCUT2D eigenvalue weighted by molar-refractivity contribution is 6.00. The van der Waals surface area contributed by atoms with E-state index < -0.39 is 17.8 Å². The van der Waals surface area contributed by atoms with Gasteiger partial charge in [-0.25, -0.2) is 0 Å². The average Bonchev–Trinajstić information content (AvgIpc) is 3.06. The highest BCUT2D eigenvalue weighted by Gasteiger charge is 2.41. The molecular weight excluding hydrogens is 324 g/mol. The summed E-state index contributed by atoms with van der Waals surface area (Å²) in [7, 11) is 1.48. The molecule has 1 saturated heterocycles. The maximum atomic E-state index is 12.5. The van der Waals surface area contributed by atoms with E-state index in [0.717, 1.165) is 25.9 Å². The number of hydrogen-bond donors (Lipinski definition) is 2. The molecule has 0 radical (unpaired) electrons. The number of carboxylic acid groups (broad SMARTS) is 1. The van der Waals surface area contributed by atoms with Crippen LogP contribution in [0.25, 0.3) is 0 Å². The summed E-state index contributed by atoms with van der Waals surface area (Å²) in [6, 6.07) is 4.93. The van der Waals surface area contributed by atoms with Gasteiger partial charge in [-0.1, -0.05) is 0 Å². The fourth-order valence-corrected chi connectivity index (χ4v) is 3.38. The Kier molecular flexibility index (Phi) is 4.92. The Hall–Kier alpha value is -2.57. The topological polar surface area (TPSA) is 95.9 Å². The minimum atomic E-state index is -0.948. The summed E-state index contributed by atoms with van der Waals surface area (Å²) in [6.45, 7) is 1.49. The Morgan fingerprint density at radius 2 is 1.84 bits per heavy atom. The molecule has 1 aromatic rings. The molecular formula is C18H22N2O5. The molecule has 2 atom stereocenters. The monoisotopic (exact) mass is 346 g/mol. The first-order chi connectivity index (χ1) is 12.0. The predicted molar refractivity (Wildman–Crippen MR) is 90.6 cm³/mol. The van der Waals surface area contributed by atoms with Crippen LogP contribution in [0.2, 0.25) is 0 Å². The molecule has 0 aromatic heterocycles. The summed E-state index contributed by atoms with van der Waals surface area (Å²) in [6.07, 6.45) is 3.07. The molecule has 7 heteroatoms. The lowest BCUT2D eigenvalue weighted by atomic mass is 9.73. The number of anilines is 1. The zero-order valence-corrected chi connectivity index (χ0v) is 14.2. The Morgan fingerprint density at radius 1 is 1.16 bits per heavy atom. The highest BCUT2D eigenvalue weighted by Crippen LogP contribution is 2.36. The van der Waals surface area contributed by atoms with E-state index in [0.29, 0.717) is 29.8 Å². The lowest BCUT2D eigenvalue weighted by Gasteiger charge is -2.32. The van der Waals surface area contributed by atoms with E-state index in [9.17, 15) is 14.4 Å². The van der Waals surface area contributed by atoms with Gasteiger partial charge in [0.25, 0.3) is 5.91 Å². The van der Waals surface area contributed by atoms with Gasteiger partial charge in [-0.05, 0) is 43.9 Å². The van der Waals surface area contributed by atoms with E-state index in [1.165, 1.54) is 7.11 Å². The van der Waals surface area contributed by atoms with Crippen molar-refractivity contribution in [3.8, 4) is 5.75 Å². The SMILES string of the molecule is COc1ccc(C(=O)N2CCCC2)cc1NC(=O)C1CCC1C(=O)O. The molecule has 2 unspecified atom stereocenters. The molecule has 1 saturated carbocycles. The van der Waals surface area contributed by atoms with Gasteiger partial charge in [0.15, 0.2) is 0 Å². The van der Waals surface area contributed by atoms with Crippen molar-refractivity contribution < 1.29 is 24.2 Å². The van der Waals surface area contributed by atoms with Crippen LogP contribution < -0.4 is 10.1 Å². The van der Waals surface area contributed by atoms with E-state index in [4.69, 9.17) is 9.84 Å². The van der Waals surface area contributed by atoms with Crippen molar-refractivity contribution >= 4 is 23.5 Å². The normalized spacial score (nSPS) is 22.2. The quantitative estimate of drug-likeness (QED) is 0.850. The third-order valence-electron chi connectivity index (χ3n) is 5.03. The first kappa shape index (κ1) is 17.3. The number of benzene rings is 1. The van der Waals surface area contributed by atoms with Crippen LogP contribution in [-0.4, -0.2) is 48.0 Å². The van der Waals surface area contributed by atoms with Gasteiger partial charge in [-0.2, -0.15) is 0 Å². The van der Waals surface area contributed by atoms with Gasteiger partial charge in [0, 0.05) is 18.7 Å². The minimum absolute atomic E-state index is 0.0669. The molecule has 0 bridgehead atoms. The highest BCUT2D eigenvalue weighted by atomic mass is 16.5. The van der Waals surface area contributed by atoms with Crippen molar-refractivity contribution in [1.82, 2.24) is 4.90 Å². The standard InChI is InChI=1S/C18H22N2O5/c1-25-15-7-4-11(17(22)20-8-2-3-9-20)10-14(15)19-16(21)12-5-6-13(12)18(23)24/h4,7,10,12-13H,2-3,5-6,8-9H2,1H3,(H,19,21)(H,23,24). The summed E-state index contributed by atoms with van der Waals surface area (Å²) >= 11 is 0. The molecule has 134 valence electrons. The van der Waals surface area contributed by atoms with Crippen LogP contribution in [0, 0.1) is 11.8 Å². The largest absolute Gasteiger partial charge is 0.495 e. The van der Waals surface area contributed by atoms with Crippen LogP contribution in [-0.2, 0) is 9.59 Å². The number of methoxy groups -OCH3 is 1. The molecule has 2 fully saturated rings. The second kappa shape index (κ2) is 7.13. The van der Waals surface area contributed by atoms with E-state index in [1.54, 1.807) is 23.1 Å². The molecule has 7 nitrogen and oxygen atoms in total. The fraction of sp³-hybridized carbons (Fsp3) is 0.500. The van der Waals surface area contributed by atoms with E-state index in [2.05, 4.69) is 5.32 Å². The fourth-order valence-electron chi connectivity index (χ4n) is 3.38. The molecule has 3 rings (SSSR count). The predicted octanol–water partition coefficient (Wildman–Crippen LogP) is 1.98. The second-order valence-corrected chi connectivity index (χ2v) is 6.53. The van der Waals surface area contributed by atoms with Gasteiger partial charge in [0.2, 0.25) is 5.91 Å². The minimum Gasteiger partial charge on any atom is -0.495 e. The van der Waals surface area contributed by atoms with Crippen molar-refractivity contribution in [2.45, 2.75) is 25.7 Å². The number of likely N-dealkylation sites (tertiary alicyclic amines) is 1. The zero-order chi connectivity index (χ0) is 18.0. The van der Waals surface area contributed by atoms with Crippen molar-refractivity contribution in [2.75, 3.05) is 25.5 Å². The number of carbonyl (C=O) groups excluding carboxylic acids is 2. The van der Waals surface area contributed by atoms with Crippen LogP contribution in [0.4, 0.5) is 5.69 Å². The number of nitrogens with one attached hydrogen (secondary N) is 1. The van der Waals surface area contributed by atoms with Gasteiger partial charge in [-0.15, -0.1) is 0 Å². The summed E-state index contributed by atoms with van der Waals surface area (Å²) in [5, 5.41) is 11.8. The number of carboxylic acids is 1. The molecule has 2 aliphatic rings. The molecule has 0 spiro atoms. The zero-order valence-electron chi connectivity index (χ0n) is 14.2. The number of ether oxygens (including phenoxy) is 1. The van der Waals surface area contributed by atoms with E-state index in [-0.39, 0.29) is 11.8 Å². The number of amides is 2. The summed E-state index contributed by atoms with van der Waals surface area (Å²) in [4.78, 5) is 37.8. The van der Waals surface area contributed by atoms with Gasteiger partial charge in [0.05, 0.1) is 24.6 Å². The lowest BCUT2D eigenvalue weighted by Crippen LogP contribution is -2.41. The van der Waals surface area contributed by atoms with Crippen LogP contribution in [0.1, 0.15) is 36.0 Å². The molecule has 1 aromatic carbocycles. The molecule has 2 N–H and O–H groups in total. The van der Waals surface area contributed by atoms with Crippen LogP contribution in [0.5, 0.6) is 5.75 Å². The van der Waals surface area contributed by atoms with Gasteiger partial charge in [0.1, 0.15) is 5.75 Å². The maximum Gasteiger partial charge on any atom is 0.307 e. The maximum absolute atomic E-state index is 12.5. The summed E-state index contributed by atoms with van der Waals surface area (Å²) < 4.78 is 5.26. The summed E-state index contributed by atoms with van der Waals surface area (Å²) in [5.74, 6) is -2.10. The van der Waals surface area contributed by atoms with Crippen molar-refractivity contribution in [3.05, 3.63) is 23.8 Å². The van der Waals surface area contributed by atoms with Gasteiger partial charge >= 0.3 is 5.97 Å². The Morgan fingerprint density at radius 3 is 2.40 bits per heavy atom. The van der Waals surface area contributed by atoms with Crippen molar-refractivity contribution in [3.63, 3.8) is 0 Å². The van der Waals surface area contributed by atoms with Crippen LogP contribution in [0.3, 0.4) is 0 Å². The number of rotatable bonds is 5. The number of aliphatic carboxylic acids is 1. The Bertz CT molecular complexity index is 697. The molecule has 1 aliphatic carbocycles. The lowest BCUT2D eigenvalue weighted by molar-refractivity contribution is -0.151. The Balaban J connectivity index is 1.77. The van der Waals surface area contributed by atoms with Crippen LogP contribution in [0.15, 0.2) is 18.2 Å². The smallest absolute Gasteiger partial charge is 0.307 e. The molecule has 2 amide bonds.